The first kappa shape index (κ1) is 23.0. The first-order valence-electron chi connectivity index (χ1n) is 9.23. The highest BCUT2D eigenvalue weighted by Gasteiger charge is 2.33. The first-order valence-corrected chi connectivity index (χ1v) is 10.7. The van der Waals surface area contributed by atoms with Gasteiger partial charge in [0.15, 0.2) is 0 Å². The molecule has 7 nitrogen and oxygen atoms in total. The zero-order valence-electron chi connectivity index (χ0n) is 16.5. The number of nitrogens with zero attached hydrogens (tertiary/aromatic N) is 1. The smallest absolute Gasteiger partial charge is 0.416 e. The normalized spacial score (nSPS) is 15.5. The van der Waals surface area contributed by atoms with Gasteiger partial charge < -0.3 is 14.2 Å². The van der Waals surface area contributed by atoms with E-state index in [0.29, 0.717) is 0 Å². The van der Waals surface area contributed by atoms with Crippen LogP contribution >= 0.6 is 0 Å². The molecule has 0 bridgehead atoms. The van der Waals surface area contributed by atoms with Crippen molar-refractivity contribution < 1.29 is 40.6 Å². The van der Waals surface area contributed by atoms with Crippen molar-refractivity contribution in [2.24, 2.45) is 0 Å². The van der Waals surface area contributed by atoms with Gasteiger partial charge in [-0.2, -0.15) is 17.5 Å². The minimum atomic E-state index is -4.59. The second-order valence-electron chi connectivity index (χ2n) is 6.61. The van der Waals surface area contributed by atoms with Gasteiger partial charge in [-0.15, -0.1) is 0 Å². The number of rotatable bonds is 6. The Hall–Kier alpha value is -2.63. The van der Waals surface area contributed by atoms with Crippen LogP contribution in [0.2, 0.25) is 0 Å². The van der Waals surface area contributed by atoms with Crippen molar-refractivity contribution in [2.75, 3.05) is 33.4 Å². The van der Waals surface area contributed by atoms with Crippen molar-refractivity contribution in [3.63, 3.8) is 0 Å². The number of alkyl halides is 3. The second-order valence-corrected chi connectivity index (χ2v) is 8.52. The Bertz CT molecular complexity index is 1050. The number of carbonyl (C=O) groups is 1. The van der Waals surface area contributed by atoms with Crippen molar-refractivity contribution in [3.05, 3.63) is 59.2 Å². The molecule has 1 aliphatic heterocycles. The zero-order valence-corrected chi connectivity index (χ0v) is 17.3. The Morgan fingerprint density at radius 1 is 1.13 bits per heavy atom. The molecule has 2 aromatic carbocycles. The number of methoxy groups -OCH3 is 1. The Labute approximate surface area is 177 Å². The summed E-state index contributed by atoms with van der Waals surface area (Å²) in [6.07, 6.45) is -4.59. The number of carbonyl (C=O) groups excluding carboxylic acids is 1. The molecule has 0 N–H and O–H groups in total. The van der Waals surface area contributed by atoms with Crippen molar-refractivity contribution in [2.45, 2.75) is 17.7 Å². The molecule has 1 saturated heterocycles. The van der Waals surface area contributed by atoms with E-state index in [9.17, 15) is 26.4 Å². The maximum atomic E-state index is 13.1. The summed E-state index contributed by atoms with van der Waals surface area (Å²) in [5.41, 5.74) is -1.25. The molecule has 168 valence electrons. The highest BCUT2D eigenvalue weighted by molar-refractivity contribution is 7.89. The molecule has 0 amide bonds. The number of sulfonamides is 1. The molecule has 31 heavy (non-hydrogen) atoms. The van der Waals surface area contributed by atoms with E-state index in [2.05, 4.69) is 0 Å². The van der Waals surface area contributed by atoms with E-state index in [0.717, 1.165) is 12.1 Å². The molecule has 2 aromatic rings. The molecule has 0 saturated carbocycles. The number of halogens is 3. The van der Waals surface area contributed by atoms with Gasteiger partial charge in [-0.25, -0.2) is 13.2 Å². The Balaban J connectivity index is 1.84. The molecule has 0 unspecified atom stereocenters. The van der Waals surface area contributed by atoms with Crippen LogP contribution in [0.5, 0.6) is 5.75 Å². The largest absolute Gasteiger partial charge is 0.495 e. The number of hydrogen-bond donors (Lipinski definition) is 0. The van der Waals surface area contributed by atoms with Gasteiger partial charge in [0, 0.05) is 18.7 Å². The minimum Gasteiger partial charge on any atom is -0.495 e. The van der Waals surface area contributed by atoms with E-state index in [1.807, 2.05) is 0 Å². The third-order valence-corrected chi connectivity index (χ3v) is 6.59. The molecular weight excluding hydrogens is 439 g/mol. The average Bonchev–Trinajstić information content (AvgIpc) is 2.77. The third-order valence-electron chi connectivity index (χ3n) is 4.67. The summed E-state index contributed by atoms with van der Waals surface area (Å²) in [4.78, 5) is 12.2. The molecule has 0 atom stereocenters. The van der Waals surface area contributed by atoms with Gasteiger partial charge in [0.05, 0.1) is 31.5 Å². The van der Waals surface area contributed by atoms with E-state index >= 15 is 0 Å². The molecule has 3 rings (SSSR count). The van der Waals surface area contributed by atoms with Crippen LogP contribution in [0.4, 0.5) is 13.2 Å². The van der Waals surface area contributed by atoms with Crippen LogP contribution in [-0.4, -0.2) is 52.1 Å². The monoisotopic (exact) mass is 459 g/mol. The SMILES string of the molecule is COc1ccc(C(=O)OCc2ccccc2C(F)(F)F)cc1S(=O)(=O)N1CCOCC1. The summed E-state index contributed by atoms with van der Waals surface area (Å²) in [5.74, 6) is -0.927. The summed E-state index contributed by atoms with van der Waals surface area (Å²) in [5, 5.41) is 0. The van der Waals surface area contributed by atoms with Gasteiger partial charge in [-0.1, -0.05) is 18.2 Å². The van der Waals surface area contributed by atoms with Gasteiger partial charge in [0.25, 0.3) is 0 Å². The van der Waals surface area contributed by atoms with Crippen LogP contribution < -0.4 is 4.74 Å². The maximum Gasteiger partial charge on any atom is 0.416 e. The van der Waals surface area contributed by atoms with Crippen LogP contribution in [0.25, 0.3) is 0 Å². The van der Waals surface area contributed by atoms with Crippen molar-refractivity contribution >= 4 is 16.0 Å². The fourth-order valence-electron chi connectivity index (χ4n) is 3.08. The van der Waals surface area contributed by atoms with Crippen molar-refractivity contribution in [1.82, 2.24) is 4.31 Å². The fraction of sp³-hybridized carbons (Fsp3) is 0.350. The Morgan fingerprint density at radius 2 is 1.81 bits per heavy atom. The van der Waals surface area contributed by atoms with Crippen molar-refractivity contribution in [3.8, 4) is 5.75 Å². The van der Waals surface area contributed by atoms with E-state index in [-0.39, 0.29) is 48.1 Å². The minimum absolute atomic E-state index is 0.0328. The molecule has 0 spiro atoms. The lowest BCUT2D eigenvalue weighted by molar-refractivity contribution is -0.138. The summed E-state index contributed by atoms with van der Waals surface area (Å²) in [6, 6.07) is 8.42. The molecule has 0 radical (unpaired) electrons. The molecule has 1 fully saturated rings. The van der Waals surface area contributed by atoms with Gasteiger partial charge >= 0.3 is 12.1 Å². The van der Waals surface area contributed by atoms with E-state index in [4.69, 9.17) is 14.2 Å². The zero-order chi connectivity index (χ0) is 22.6. The van der Waals surface area contributed by atoms with Crippen LogP contribution in [-0.2, 0) is 32.3 Å². The molecular formula is C20H20F3NO6S. The lowest BCUT2D eigenvalue weighted by Gasteiger charge is -2.26. The molecule has 1 heterocycles. The molecule has 1 aliphatic rings. The number of hydrogen-bond acceptors (Lipinski definition) is 6. The quantitative estimate of drug-likeness (QED) is 0.618. The lowest BCUT2D eigenvalue weighted by atomic mass is 10.1. The summed E-state index contributed by atoms with van der Waals surface area (Å²) in [7, 11) is -2.69. The average molecular weight is 459 g/mol. The van der Waals surface area contributed by atoms with E-state index in [1.54, 1.807) is 0 Å². The number of morpholine rings is 1. The van der Waals surface area contributed by atoms with Crippen LogP contribution in [0.1, 0.15) is 21.5 Å². The van der Waals surface area contributed by atoms with Crippen molar-refractivity contribution in [1.29, 1.82) is 0 Å². The standard InChI is InChI=1S/C20H20F3NO6S/c1-28-17-7-6-14(12-18(17)31(26,27)24-8-10-29-11-9-24)19(25)30-13-15-4-2-3-5-16(15)20(21,22)23/h2-7,12H,8-11,13H2,1H3. The summed E-state index contributed by atoms with van der Waals surface area (Å²) >= 11 is 0. The molecule has 0 aromatic heterocycles. The Kier molecular flexibility index (Phi) is 6.87. The number of benzene rings is 2. The first-order chi connectivity index (χ1) is 14.6. The lowest BCUT2D eigenvalue weighted by Crippen LogP contribution is -2.40. The predicted octanol–water partition coefficient (Wildman–Crippen LogP) is 3.09. The van der Waals surface area contributed by atoms with E-state index in [1.165, 1.54) is 41.7 Å². The summed E-state index contributed by atoms with van der Waals surface area (Å²) in [6.45, 7) is 0.151. The summed E-state index contributed by atoms with van der Waals surface area (Å²) < 4.78 is 81.8. The maximum absolute atomic E-state index is 13.1. The van der Waals surface area contributed by atoms with Crippen LogP contribution in [0.3, 0.4) is 0 Å². The molecule has 0 aliphatic carbocycles. The highest BCUT2D eigenvalue weighted by atomic mass is 32.2. The topological polar surface area (TPSA) is 82.1 Å². The van der Waals surface area contributed by atoms with Crippen LogP contribution in [0, 0.1) is 0 Å². The van der Waals surface area contributed by atoms with Crippen LogP contribution in [0.15, 0.2) is 47.4 Å². The third kappa shape index (κ3) is 5.17. The Morgan fingerprint density at radius 3 is 2.45 bits per heavy atom. The molecule has 11 heteroatoms. The fourth-order valence-corrected chi connectivity index (χ4v) is 4.67. The highest BCUT2D eigenvalue weighted by Crippen LogP contribution is 2.32. The van der Waals surface area contributed by atoms with Gasteiger partial charge in [0.1, 0.15) is 17.3 Å². The van der Waals surface area contributed by atoms with Gasteiger partial charge in [-0.3, -0.25) is 0 Å². The predicted molar refractivity (Wildman–Crippen MR) is 103 cm³/mol. The number of ether oxygens (including phenoxy) is 3. The van der Waals surface area contributed by atoms with E-state index < -0.39 is 34.3 Å². The number of esters is 1. The second kappa shape index (κ2) is 9.25. The van der Waals surface area contributed by atoms with Gasteiger partial charge in [-0.05, 0) is 24.3 Å². The van der Waals surface area contributed by atoms with Gasteiger partial charge in [0.2, 0.25) is 10.0 Å².